The van der Waals surface area contributed by atoms with Crippen LogP contribution in [0.15, 0.2) is 28.8 Å². The monoisotopic (exact) mass is 499 g/mol. The lowest BCUT2D eigenvalue weighted by atomic mass is 10.2. The maximum absolute atomic E-state index is 14.9. The van der Waals surface area contributed by atoms with E-state index in [1.807, 2.05) is 0 Å². The van der Waals surface area contributed by atoms with Gasteiger partial charge in [-0.1, -0.05) is 5.16 Å². The molecule has 188 valence electrons. The van der Waals surface area contributed by atoms with Crippen molar-refractivity contribution in [2.75, 3.05) is 49.1 Å². The molecule has 4 rings (SSSR count). The molecule has 0 radical (unpaired) electrons. The van der Waals surface area contributed by atoms with Crippen LogP contribution in [0, 0.1) is 5.82 Å². The average molecular weight is 499 g/mol. The van der Waals surface area contributed by atoms with Crippen LogP contribution in [0.25, 0.3) is 0 Å². The van der Waals surface area contributed by atoms with Crippen molar-refractivity contribution in [1.29, 1.82) is 0 Å². The summed E-state index contributed by atoms with van der Waals surface area (Å²) in [5, 5.41) is 5.45. The van der Waals surface area contributed by atoms with Gasteiger partial charge in [-0.05, 0) is 18.2 Å². The van der Waals surface area contributed by atoms with Gasteiger partial charge in [0, 0.05) is 39.2 Å². The zero-order valence-corrected chi connectivity index (χ0v) is 18.5. The molecule has 2 aliphatic heterocycles. The van der Waals surface area contributed by atoms with Crippen LogP contribution < -0.4 is 15.1 Å². The SMILES string of the molecule is CC(=O)NC[C@H]1CN(c2ccc(N3CCN(C(=O)c4cc(C(F)(F)F)no4)CC3)c(F)c2)C(=O)O1. The van der Waals surface area contributed by atoms with E-state index >= 15 is 0 Å². The molecular formula is C21H21F4N5O5. The third kappa shape index (κ3) is 5.30. The van der Waals surface area contributed by atoms with E-state index in [1.165, 1.54) is 28.9 Å². The van der Waals surface area contributed by atoms with Crippen molar-refractivity contribution >= 4 is 29.3 Å². The number of halogens is 4. The van der Waals surface area contributed by atoms with E-state index in [0.29, 0.717) is 11.8 Å². The van der Waals surface area contributed by atoms with Crippen molar-refractivity contribution in [1.82, 2.24) is 15.4 Å². The van der Waals surface area contributed by atoms with Crippen LogP contribution in [-0.4, -0.2) is 73.3 Å². The van der Waals surface area contributed by atoms with Gasteiger partial charge < -0.3 is 24.4 Å². The molecule has 1 aromatic heterocycles. The summed E-state index contributed by atoms with van der Waals surface area (Å²) < 4.78 is 62.7. The highest BCUT2D eigenvalue weighted by atomic mass is 19.4. The Hall–Kier alpha value is -3.84. The van der Waals surface area contributed by atoms with Gasteiger partial charge in [-0.15, -0.1) is 0 Å². The smallest absolute Gasteiger partial charge is 0.436 e. The van der Waals surface area contributed by atoms with Crippen molar-refractivity contribution in [3.63, 3.8) is 0 Å². The van der Waals surface area contributed by atoms with E-state index in [2.05, 4.69) is 15.0 Å². The quantitative estimate of drug-likeness (QED) is 0.629. The Morgan fingerprint density at radius 2 is 1.89 bits per heavy atom. The molecule has 3 amide bonds. The minimum Gasteiger partial charge on any atom is -0.442 e. The summed E-state index contributed by atoms with van der Waals surface area (Å²) in [6.07, 6.45) is -5.93. The second-order valence-electron chi connectivity index (χ2n) is 8.04. The van der Waals surface area contributed by atoms with Crippen LogP contribution in [0.5, 0.6) is 0 Å². The van der Waals surface area contributed by atoms with E-state index in [9.17, 15) is 31.9 Å². The van der Waals surface area contributed by atoms with Crippen LogP contribution in [0.2, 0.25) is 0 Å². The Labute approximate surface area is 196 Å². The van der Waals surface area contributed by atoms with E-state index in [0.717, 1.165) is 0 Å². The van der Waals surface area contributed by atoms with Gasteiger partial charge in [-0.25, -0.2) is 9.18 Å². The summed E-state index contributed by atoms with van der Waals surface area (Å²) in [4.78, 5) is 39.9. The van der Waals surface area contributed by atoms with Crippen molar-refractivity contribution in [3.05, 3.63) is 41.5 Å². The van der Waals surface area contributed by atoms with Crippen molar-refractivity contribution < 1.29 is 41.2 Å². The predicted molar refractivity (Wildman–Crippen MR) is 112 cm³/mol. The van der Waals surface area contributed by atoms with Gasteiger partial charge in [0.25, 0.3) is 5.91 Å². The Kier molecular flexibility index (Phi) is 6.54. The molecular weight excluding hydrogens is 478 g/mol. The first kappa shape index (κ1) is 24.3. The molecule has 10 nitrogen and oxygen atoms in total. The molecule has 1 N–H and O–H groups in total. The molecule has 2 saturated heterocycles. The normalized spacial score (nSPS) is 18.6. The number of anilines is 2. The molecule has 0 bridgehead atoms. The van der Waals surface area contributed by atoms with Gasteiger partial charge >= 0.3 is 12.3 Å². The number of carbonyl (C=O) groups is 3. The average Bonchev–Trinajstić information content (AvgIpc) is 3.44. The Morgan fingerprint density at radius 3 is 2.49 bits per heavy atom. The zero-order valence-electron chi connectivity index (χ0n) is 18.5. The van der Waals surface area contributed by atoms with E-state index < -0.39 is 41.6 Å². The lowest BCUT2D eigenvalue weighted by Gasteiger charge is -2.35. The standard InChI is InChI=1S/C21H21F4N5O5/c1-12(31)26-10-14-11-30(20(33)34-14)13-2-3-16(15(22)8-13)28-4-6-29(7-5-28)19(32)17-9-18(27-35-17)21(23,24)25/h2-3,8-9,14H,4-7,10-11H2,1H3,(H,26,31)/t14-/m0/s1. The van der Waals surface area contributed by atoms with Crippen LogP contribution in [0.1, 0.15) is 23.2 Å². The zero-order chi connectivity index (χ0) is 25.3. The number of hydrogen-bond donors (Lipinski definition) is 1. The first-order valence-electron chi connectivity index (χ1n) is 10.6. The molecule has 35 heavy (non-hydrogen) atoms. The van der Waals surface area contributed by atoms with Gasteiger partial charge in [0.15, 0.2) is 5.69 Å². The number of piperazine rings is 1. The molecule has 0 unspecified atom stereocenters. The minimum atomic E-state index is -4.72. The second kappa shape index (κ2) is 9.43. The number of amides is 3. The number of aromatic nitrogens is 1. The van der Waals surface area contributed by atoms with Crippen molar-refractivity contribution in [2.45, 2.75) is 19.2 Å². The molecule has 2 aliphatic rings. The number of benzene rings is 1. The van der Waals surface area contributed by atoms with Gasteiger partial charge in [0.2, 0.25) is 11.7 Å². The fourth-order valence-electron chi connectivity index (χ4n) is 3.83. The third-order valence-electron chi connectivity index (χ3n) is 5.61. The van der Waals surface area contributed by atoms with Gasteiger partial charge in [-0.3, -0.25) is 14.5 Å². The second-order valence-corrected chi connectivity index (χ2v) is 8.04. The molecule has 2 fully saturated rings. The van der Waals surface area contributed by atoms with E-state index in [-0.39, 0.29) is 50.9 Å². The first-order valence-corrected chi connectivity index (χ1v) is 10.6. The van der Waals surface area contributed by atoms with Gasteiger partial charge in [0.05, 0.1) is 24.5 Å². The fraction of sp³-hybridized carbons (Fsp3) is 0.429. The number of alkyl halides is 3. The van der Waals surface area contributed by atoms with Crippen LogP contribution in [-0.2, 0) is 15.7 Å². The van der Waals surface area contributed by atoms with Crippen LogP contribution in [0.3, 0.4) is 0 Å². The summed E-state index contributed by atoms with van der Waals surface area (Å²) in [5.74, 6) is -2.10. The molecule has 0 saturated carbocycles. The molecule has 1 aromatic carbocycles. The number of hydrogen-bond acceptors (Lipinski definition) is 7. The molecule has 1 atom stereocenters. The number of cyclic esters (lactones) is 1. The molecule has 0 spiro atoms. The van der Waals surface area contributed by atoms with E-state index in [4.69, 9.17) is 4.74 Å². The van der Waals surface area contributed by atoms with Crippen LogP contribution >= 0.6 is 0 Å². The number of rotatable bonds is 5. The summed E-state index contributed by atoms with van der Waals surface area (Å²) in [5.41, 5.74) is -0.742. The highest BCUT2D eigenvalue weighted by molar-refractivity contribution is 5.92. The fourth-order valence-corrected chi connectivity index (χ4v) is 3.83. The molecule has 0 aliphatic carbocycles. The van der Waals surface area contributed by atoms with Gasteiger partial charge in [-0.2, -0.15) is 13.2 Å². The largest absolute Gasteiger partial charge is 0.442 e. The Balaban J connectivity index is 1.36. The summed E-state index contributed by atoms with van der Waals surface area (Å²) >= 11 is 0. The third-order valence-corrected chi connectivity index (χ3v) is 5.61. The lowest BCUT2D eigenvalue weighted by Crippen LogP contribution is -2.49. The van der Waals surface area contributed by atoms with Gasteiger partial charge in [0.1, 0.15) is 11.9 Å². The van der Waals surface area contributed by atoms with Crippen LogP contribution in [0.4, 0.5) is 33.7 Å². The molecule has 14 heteroatoms. The van der Waals surface area contributed by atoms with Crippen molar-refractivity contribution in [2.24, 2.45) is 0 Å². The Morgan fingerprint density at radius 1 is 1.17 bits per heavy atom. The number of ether oxygens (including phenoxy) is 1. The topological polar surface area (TPSA) is 108 Å². The minimum absolute atomic E-state index is 0.130. The molecule has 2 aromatic rings. The summed E-state index contributed by atoms with van der Waals surface area (Å²) in [6, 6.07) is 4.81. The van der Waals surface area contributed by atoms with Crippen molar-refractivity contribution in [3.8, 4) is 0 Å². The molecule has 3 heterocycles. The maximum atomic E-state index is 14.9. The number of carbonyl (C=O) groups excluding carboxylic acids is 3. The van der Waals surface area contributed by atoms with E-state index in [1.54, 1.807) is 11.0 Å². The lowest BCUT2D eigenvalue weighted by molar-refractivity contribution is -0.142. The first-order chi connectivity index (χ1) is 16.5. The highest BCUT2D eigenvalue weighted by Crippen LogP contribution is 2.30. The number of nitrogens with one attached hydrogen (secondary N) is 1. The summed E-state index contributed by atoms with van der Waals surface area (Å²) in [7, 11) is 0. The predicted octanol–water partition coefficient (Wildman–Crippen LogP) is 2.26. The Bertz CT molecular complexity index is 1130. The maximum Gasteiger partial charge on any atom is 0.436 e. The highest BCUT2D eigenvalue weighted by Gasteiger charge is 2.37. The summed E-state index contributed by atoms with van der Waals surface area (Å²) in [6.45, 7) is 2.36. The number of nitrogens with zero attached hydrogens (tertiary/aromatic N) is 4.